The van der Waals surface area contributed by atoms with Crippen LogP contribution in [0, 0.1) is 11.8 Å². The van der Waals surface area contributed by atoms with Gasteiger partial charge in [0, 0.05) is 31.4 Å². The lowest BCUT2D eigenvalue weighted by molar-refractivity contribution is 0.214. The Morgan fingerprint density at radius 3 is 2.63 bits per heavy atom. The highest BCUT2D eigenvalue weighted by atomic mass is 16.1. The summed E-state index contributed by atoms with van der Waals surface area (Å²) in [5, 5.41) is 0. The molecule has 1 aliphatic heterocycles. The number of rotatable bonds is 5. The monoisotopic (exact) mass is 367 g/mol. The van der Waals surface area contributed by atoms with Crippen LogP contribution in [0.5, 0.6) is 0 Å². The van der Waals surface area contributed by atoms with Gasteiger partial charge < -0.3 is 11.5 Å². The molecule has 1 aromatic carbocycles. The van der Waals surface area contributed by atoms with Crippen LogP contribution in [-0.4, -0.2) is 39.6 Å². The molecule has 4 atom stereocenters. The Kier molecular flexibility index (Phi) is 5.02. The second kappa shape index (κ2) is 7.44. The molecule has 4 unspecified atom stereocenters. The van der Waals surface area contributed by atoms with Gasteiger partial charge in [-0.05, 0) is 61.3 Å². The first-order chi connectivity index (χ1) is 13.0. The van der Waals surface area contributed by atoms with Crippen LogP contribution in [-0.2, 0) is 6.42 Å². The Morgan fingerprint density at radius 1 is 1.19 bits per heavy atom. The van der Waals surface area contributed by atoms with Gasteiger partial charge in [0.25, 0.3) is 0 Å². The molecule has 4 N–H and O–H groups in total. The molecule has 0 bridgehead atoms. The number of nitrogens with zero attached hydrogens (tertiary/aromatic N) is 3. The van der Waals surface area contributed by atoms with Crippen molar-refractivity contribution < 1.29 is 0 Å². The minimum atomic E-state index is -0.353. The second-order valence-electron chi connectivity index (χ2n) is 8.06. The van der Waals surface area contributed by atoms with Crippen LogP contribution in [0.1, 0.15) is 31.7 Å². The first kappa shape index (κ1) is 18.2. The molecule has 27 heavy (non-hydrogen) atoms. The highest BCUT2D eigenvalue weighted by molar-refractivity contribution is 5.36. The molecule has 1 aliphatic carbocycles. The first-order valence-corrected chi connectivity index (χ1v) is 9.99. The highest BCUT2D eigenvalue weighted by Crippen LogP contribution is 2.38. The number of fused-ring (bicyclic) bond motifs is 1. The summed E-state index contributed by atoms with van der Waals surface area (Å²) in [5.74, 6) is 1.72. The van der Waals surface area contributed by atoms with Gasteiger partial charge in [-0.25, -0.2) is 4.79 Å². The van der Waals surface area contributed by atoms with Crippen molar-refractivity contribution in [3.05, 3.63) is 52.6 Å². The Balaban J connectivity index is 1.45. The molecule has 6 nitrogen and oxygen atoms in total. The topological polar surface area (TPSA) is 90.2 Å². The van der Waals surface area contributed by atoms with Crippen molar-refractivity contribution in [3.8, 4) is 5.69 Å². The van der Waals surface area contributed by atoms with E-state index < -0.39 is 0 Å². The van der Waals surface area contributed by atoms with Crippen molar-refractivity contribution in [2.24, 2.45) is 17.6 Å². The number of benzene rings is 1. The number of hydrogen-bond acceptors (Lipinski definition) is 5. The minimum Gasteiger partial charge on any atom is -0.383 e. The predicted octanol–water partition coefficient (Wildman–Crippen LogP) is 1.80. The molecule has 2 aliphatic rings. The molecule has 6 heteroatoms. The first-order valence-electron chi connectivity index (χ1n) is 9.99. The van der Waals surface area contributed by atoms with E-state index in [2.05, 4.69) is 28.9 Å². The summed E-state index contributed by atoms with van der Waals surface area (Å²) in [6.07, 6.45) is 6.32. The largest absolute Gasteiger partial charge is 0.383 e. The molecule has 144 valence electrons. The van der Waals surface area contributed by atoms with Crippen molar-refractivity contribution >= 4 is 5.82 Å². The van der Waals surface area contributed by atoms with Crippen molar-refractivity contribution in [2.75, 3.05) is 18.8 Å². The van der Waals surface area contributed by atoms with Gasteiger partial charge in [0.05, 0.1) is 5.69 Å². The van der Waals surface area contributed by atoms with E-state index >= 15 is 0 Å². The van der Waals surface area contributed by atoms with Crippen LogP contribution in [0.4, 0.5) is 5.82 Å². The number of hydrogen-bond donors (Lipinski definition) is 2. The van der Waals surface area contributed by atoms with Gasteiger partial charge in [-0.3, -0.25) is 9.47 Å². The number of aromatic nitrogens is 2. The lowest BCUT2D eigenvalue weighted by atomic mass is 9.98. The number of likely N-dealkylation sites (tertiary alicyclic amines) is 1. The maximum Gasteiger partial charge on any atom is 0.354 e. The zero-order valence-electron chi connectivity index (χ0n) is 15.9. The van der Waals surface area contributed by atoms with Gasteiger partial charge in [-0.1, -0.05) is 19.1 Å². The van der Waals surface area contributed by atoms with Gasteiger partial charge in [0.1, 0.15) is 5.82 Å². The van der Waals surface area contributed by atoms with Crippen LogP contribution >= 0.6 is 0 Å². The van der Waals surface area contributed by atoms with E-state index in [1.54, 1.807) is 12.3 Å². The summed E-state index contributed by atoms with van der Waals surface area (Å²) in [6, 6.07) is 10.8. The molecule has 0 spiro atoms. The average molecular weight is 367 g/mol. The van der Waals surface area contributed by atoms with Gasteiger partial charge >= 0.3 is 5.69 Å². The molecule has 0 radical (unpaired) electrons. The van der Waals surface area contributed by atoms with Gasteiger partial charge in [0.2, 0.25) is 0 Å². The van der Waals surface area contributed by atoms with Gasteiger partial charge in [-0.2, -0.15) is 4.98 Å². The van der Waals surface area contributed by atoms with Crippen molar-refractivity contribution in [3.63, 3.8) is 0 Å². The van der Waals surface area contributed by atoms with Crippen LogP contribution in [0.25, 0.3) is 5.69 Å². The lowest BCUT2D eigenvalue weighted by Crippen LogP contribution is -2.37. The van der Waals surface area contributed by atoms with Crippen molar-refractivity contribution in [1.29, 1.82) is 0 Å². The number of nitrogens with two attached hydrogens (primary N) is 2. The maximum atomic E-state index is 12.0. The summed E-state index contributed by atoms with van der Waals surface area (Å²) >= 11 is 0. The van der Waals surface area contributed by atoms with Crippen molar-refractivity contribution in [1.82, 2.24) is 14.5 Å². The minimum absolute atomic E-state index is 0.244. The quantitative estimate of drug-likeness (QED) is 0.841. The molecule has 2 aromatic rings. The van der Waals surface area contributed by atoms with E-state index in [4.69, 9.17) is 11.5 Å². The van der Waals surface area contributed by atoms with E-state index in [0.717, 1.165) is 31.0 Å². The van der Waals surface area contributed by atoms with E-state index in [0.29, 0.717) is 18.0 Å². The van der Waals surface area contributed by atoms with Gasteiger partial charge in [-0.15, -0.1) is 0 Å². The van der Waals surface area contributed by atoms with Crippen LogP contribution in [0.2, 0.25) is 0 Å². The van der Waals surface area contributed by atoms with Crippen LogP contribution in [0.15, 0.2) is 41.3 Å². The Labute approximate surface area is 160 Å². The smallest absolute Gasteiger partial charge is 0.354 e. The van der Waals surface area contributed by atoms with E-state index in [-0.39, 0.29) is 11.5 Å². The third-order valence-electron chi connectivity index (χ3n) is 6.44. The van der Waals surface area contributed by atoms with Crippen molar-refractivity contribution in [2.45, 2.75) is 44.7 Å². The lowest BCUT2D eigenvalue weighted by Gasteiger charge is -2.28. The third-order valence-corrected chi connectivity index (χ3v) is 6.44. The Morgan fingerprint density at radius 2 is 1.96 bits per heavy atom. The summed E-state index contributed by atoms with van der Waals surface area (Å²) < 4.78 is 1.51. The second-order valence-corrected chi connectivity index (χ2v) is 8.06. The normalized spacial score (nSPS) is 26.2. The molecule has 0 amide bonds. The molecular weight excluding hydrogens is 338 g/mol. The van der Waals surface area contributed by atoms with E-state index in [1.165, 1.54) is 29.5 Å². The molecule has 2 heterocycles. The summed E-state index contributed by atoms with van der Waals surface area (Å²) in [5.41, 5.74) is 13.6. The summed E-state index contributed by atoms with van der Waals surface area (Å²) in [4.78, 5) is 18.4. The molecule has 1 saturated carbocycles. The fourth-order valence-corrected chi connectivity index (χ4v) is 4.85. The van der Waals surface area contributed by atoms with Crippen LogP contribution < -0.4 is 17.2 Å². The zero-order valence-corrected chi connectivity index (χ0v) is 15.9. The Bertz CT molecular complexity index is 846. The third kappa shape index (κ3) is 3.64. The maximum absolute atomic E-state index is 12.0. The number of nitrogen functional groups attached to an aromatic ring is 1. The van der Waals surface area contributed by atoms with Gasteiger partial charge in [0.15, 0.2) is 0 Å². The van der Waals surface area contributed by atoms with E-state index in [9.17, 15) is 4.79 Å². The predicted molar refractivity (Wildman–Crippen MR) is 108 cm³/mol. The average Bonchev–Trinajstić information content (AvgIpc) is 3.23. The summed E-state index contributed by atoms with van der Waals surface area (Å²) in [6.45, 7) is 4.61. The zero-order chi connectivity index (χ0) is 19.0. The molecule has 1 aromatic heterocycles. The standard InChI is InChI=1S/C21H29N5O/c1-2-16(25-12-15-5-8-19(22)18(15)13-25)11-14-3-6-17(7-4-14)26-10-9-20(23)24-21(26)27/h3-4,6-7,9-10,15-16,18-19H,2,5,8,11-13,22H2,1H3,(H2,23,24,27). The van der Waals surface area contributed by atoms with E-state index in [1.807, 2.05) is 12.1 Å². The number of anilines is 1. The fourth-order valence-electron chi connectivity index (χ4n) is 4.85. The molecule has 4 rings (SSSR count). The Hall–Kier alpha value is -2.18. The highest BCUT2D eigenvalue weighted by Gasteiger charge is 2.42. The fraction of sp³-hybridized carbons (Fsp3) is 0.524. The SMILES string of the molecule is CCC(Cc1ccc(-n2ccc(N)nc2=O)cc1)N1CC2CCC(N)C2C1. The summed E-state index contributed by atoms with van der Waals surface area (Å²) in [7, 11) is 0. The molecule has 1 saturated heterocycles. The molecule has 2 fully saturated rings. The molecular formula is C21H29N5O. The van der Waals surface area contributed by atoms with Crippen LogP contribution in [0.3, 0.4) is 0 Å².